The van der Waals surface area contributed by atoms with Crippen molar-refractivity contribution in [2.24, 2.45) is 0 Å². The molecule has 2 N–H and O–H groups in total. The summed E-state index contributed by atoms with van der Waals surface area (Å²) in [5.74, 6) is -0.617. The van der Waals surface area contributed by atoms with Crippen LogP contribution in [0.3, 0.4) is 0 Å². The Morgan fingerprint density at radius 1 is 0.900 bits per heavy atom. The number of carbonyl (C=O) groups is 2. The van der Waals surface area contributed by atoms with E-state index in [1.165, 1.54) is 5.56 Å². The van der Waals surface area contributed by atoms with Gasteiger partial charge in [0.25, 0.3) is 0 Å². The molecule has 1 atom stereocenters. The van der Waals surface area contributed by atoms with Gasteiger partial charge in [0, 0.05) is 11.4 Å². The van der Waals surface area contributed by atoms with Gasteiger partial charge in [-0.1, -0.05) is 60.2 Å². The molecule has 0 spiro atoms. The molecule has 30 heavy (non-hydrogen) atoms. The molecule has 0 saturated carbocycles. The van der Waals surface area contributed by atoms with Crippen LogP contribution in [0.5, 0.6) is 0 Å². The van der Waals surface area contributed by atoms with Crippen molar-refractivity contribution in [1.82, 2.24) is 10.3 Å². The van der Waals surface area contributed by atoms with Crippen LogP contribution in [-0.2, 0) is 4.74 Å². The van der Waals surface area contributed by atoms with E-state index in [9.17, 15) is 9.59 Å². The number of aromatic amines is 1. The largest absolute Gasteiger partial charge is 0.462 e. The van der Waals surface area contributed by atoms with E-state index < -0.39 is 5.97 Å². The first-order chi connectivity index (χ1) is 14.4. The van der Waals surface area contributed by atoms with E-state index in [1.54, 1.807) is 20.8 Å². The van der Waals surface area contributed by atoms with E-state index in [0.717, 1.165) is 11.1 Å². The second-order valence-electron chi connectivity index (χ2n) is 7.40. The zero-order valence-electron chi connectivity index (χ0n) is 17.9. The molecule has 156 valence electrons. The van der Waals surface area contributed by atoms with Gasteiger partial charge >= 0.3 is 5.97 Å². The van der Waals surface area contributed by atoms with Crippen molar-refractivity contribution in [2.45, 2.75) is 33.7 Å². The summed E-state index contributed by atoms with van der Waals surface area (Å²) in [6.07, 6.45) is 0. The Bertz CT molecular complexity index is 1020. The Labute approximate surface area is 177 Å². The van der Waals surface area contributed by atoms with Crippen LogP contribution in [0.4, 0.5) is 0 Å². The highest BCUT2D eigenvalue weighted by Gasteiger charge is 2.26. The molecule has 0 fully saturated rings. The molecule has 5 heteroatoms. The summed E-state index contributed by atoms with van der Waals surface area (Å²) >= 11 is 0. The van der Waals surface area contributed by atoms with Crippen LogP contribution >= 0.6 is 0 Å². The molecule has 0 bridgehead atoms. The van der Waals surface area contributed by atoms with Crippen molar-refractivity contribution in [3.63, 3.8) is 0 Å². The van der Waals surface area contributed by atoms with Crippen LogP contribution in [0, 0.1) is 20.8 Å². The zero-order valence-corrected chi connectivity index (χ0v) is 17.9. The minimum atomic E-state index is -0.471. The van der Waals surface area contributed by atoms with E-state index >= 15 is 0 Å². The van der Waals surface area contributed by atoms with Gasteiger partial charge < -0.3 is 9.72 Å². The predicted octanol–water partition coefficient (Wildman–Crippen LogP) is 4.68. The lowest BCUT2D eigenvalue weighted by Gasteiger charge is -2.20. The van der Waals surface area contributed by atoms with Gasteiger partial charge in [-0.25, -0.2) is 4.79 Å². The number of Topliss-reactive ketones (excluding diaryl/α,β-unsaturated/α-hetero) is 1. The number of ether oxygens (including phenoxy) is 1. The first kappa shape index (κ1) is 21.5. The van der Waals surface area contributed by atoms with Crippen molar-refractivity contribution in [1.29, 1.82) is 0 Å². The average Bonchev–Trinajstić information content (AvgIpc) is 3.04. The van der Waals surface area contributed by atoms with Crippen LogP contribution in [0.25, 0.3) is 0 Å². The third-order valence-electron chi connectivity index (χ3n) is 5.14. The van der Waals surface area contributed by atoms with E-state index in [2.05, 4.69) is 34.6 Å². The fourth-order valence-corrected chi connectivity index (χ4v) is 3.70. The molecular formula is C25H28N2O3. The minimum Gasteiger partial charge on any atom is -0.462 e. The standard InChI is InChI=1S/C25H28N2O3/c1-5-30-25(29)23-18(4)27-17(3)22(23)21(28)15-26-24(19-9-7-6-8-10-19)20-13-11-16(2)12-14-20/h6-14,24,26-27H,5,15H2,1-4H3/t24-/m0/s1. The van der Waals surface area contributed by atoms with Crippen LogP contribution < -0.4 is 5.32 Å². The Morgan fingerprint density at radius 2 is 1.50 bits per heavy atom. The van der Waals surface area contributed by atoms with Crippen LogP contribution in [0.15, 0.2) is 54.6 Å². The van der Waals surface area contributed by atoms with Crippen LogP contribution in [0.1, 0.15) is 61.8 Å². The second kappa shape index (κ2) is 9.55. The number of hydrogen-bond donors (Lipinski definition) is 2. The highest BCUT2D eigenvalue weighted by atomic mass is 16.5. The molecule has 1 heterocycles. The SMILES string of the molecule is CCOC(=O)c1c(C)[nH]c(C)c1C(=O)CN[C@@H](c1ccccc1)c1ccc(C)cc1. The van der Waals surface area contributed by atoms with Gasteiger partial charge in [-0.2, -0.15) is 0 Å². The summed E-state index contributed by atoms with van der Waals surface area (Å²) in [7, 11) is 0. The van der Waals surface area contributed by atoms with Gasteiger partial charge in [-0.3, -0.25) is 10.1 Å². The van der Waals surface area contributed by atoms with Crippen molar-refractivity contribution in [2.75, 3.05) is 13.2 Å². The molecule has 5 nitrogen and oxygen atoms in total. The topological polar surface area (TPSA) is 71.2 Å². The maximum atomic E-state index is 13.1. The van der Waals surface area contributed by atoms with E-state index in [0.29, 0.717) is 22.5 Å². The highest BCUT2D eigenvalue weighted by molar-refractivity contribution is 6.09. The fourth-order valence-electron chi connectivity index (χ4n) is 3.70. The number of aryl methyl sites for hydroxylation is 3. The molecule has 1 aromatic heterocycles. The Balaban J connectivity index is 1.87. The Morgan fingerprint density at radius 3 is 2.13 bits per heavy atom. The number of aromatic nitrogens is 1. The summed E-state index contributed by atoms with van der Waals surface area (Å²) in [6, 6.07) is 18.1. The molecule has 0 aliphatic heterocycles. The fraction of sp³-hybridized carbons (Fsp3) is 0.280. The number of esters is 1. The first-order valence-corrected chi connectivity index (χ1v) is 10.2. The predicted molar refractivity (Wildman–Crippen MR) is 118 cm³/mol. The summed E-state index contributed by atoms with van der Waals surface area (Å²) in [5.41, 5.74) is 5.37. The maximum absolute atomic E-state index is 13.1. The second-order valence-corrected chi connectivity index (χ2v) is 7.40. The number of carbonyl (C=O) groups excluding carboxylic acids is 2. The molecule has 0 aliphatic carbocycles. The molecular weight excluding hydrogens is 376 g/mol. The van der Waals surface area contributed by atoms with Gasteiger partial charge in [-0.15, -0.1) is 0 Å². The molecule has 3 rings (SSSR count). The number of benzene rings is 2. The molecule has 0 unspecified atom stereocenters. The van der Waals surface area contributed by atoms with Crippen LogP contribution in [0.2, 0.25) is 0 Å². The third kappa shape index (κ3) is 4.69. The molecule has 0 amide bonds. The third-order valence-corrected chi connectivity index (χ3v) is 5.14. The molecule has 2 aromatic carbocycles. The molecule has 0 radical (unpaired) electrons. The average molecular weight is 405 g/mol. The summed E-state index contributed by atoms with van der Waals surface area (Å²) < 4.78 is 5.16. The minimum absolute atomic E-state index is 0.0952. The lowest BCUT2D eigenvalue weighted by Crippen LogP contribution is -2.29. The summed E-state index contributed by atoms with van der Waals surface area (Å²) in [6.45, 7) is 7.74. The summed E-state index contributed by atoms with van der Waals surface area (Å²) in [4.78, 5) is 28.6. The monoisotopic (exact) mass is 404 g/mol. The van der Waals surface area contributed by atoms with Gasteiger partial charge in [0.1, 0.15) is 0 Å². The smallest absolute Gasteiger partial charge is 0.340 e. The van der Waals surface area contributed by atoms with Crippen LogP contribution in [-0.4, -0.2) is 29.9 Å². The van der Waals surface area contributed by atoms with Gasteiger partial charge in [0.05, 0.1) is 30.3 Å². The van der Waals surface area contributed by atoms with Crippen molar-refractivity contribution in [3.8, 4) is 0 Å². The van der Waals surface area contributed by atoms with Crippen molar-refractivity contribution >= 4 is 11.8 Å². The van der Waals surface area contributed by atoms with E-state index in [4.69, 9.17) is 4.74 Å². The maximum Gasteiger partial charge on any atom is 0.340 e. The van der Waals surface area contributed by atoms with Gasteiger partial charge in [0.15, 0.2) is 5.78 Å². The lowest BCUT2D eigenvalue weighted by atomic mass is 9.97. The van der Waals surface area contributed by atoms with Crippen molar-refractivity contribution < 1.29 is 14.3 Å². The van der Waals surface area contributed by atoms with Gasteiger partial charge in [0.2, 0.25) is 0 Å². The number of H-pyrrole nitrogens is 1. The number of rotatable bonds is 8. The first-order valence-electron chi connectivity index (χ1n) is 10.2. The Hall–Kier alpha value is -3.18. The van der Waals surface area contributed by atoms with E-state index in [-0.39, 0.29) is 25.0 Å². The highest BCUT2D eigenvalue weighted by Crippen LogP contribution is 2.24. The Kier molecular flexibility index (Phi) is 6.85. The summed E-state index contributed by atoms with van der Waals surface area (Å²) in [5, 5.41) is 3.39. The number of hydrogen-bond acceptors (Lipinski definition) is 4. The van der Waals surface area contributed by atoms with Gasteiger partial charge in [-0.05, 0) is 38.8 Å². The zero-order chi connectivity index (χ0) is 21.7. The lowest BCUT2D eigenvalue weighted by molar-refractivity contribution is 0.0522. The molecule has 0 aliphatic rings. The number of ketones is 1. The number of nitrogens with one attached hydrogen (secondary N) is 2. The molecule has 3 aromatic rings. The van der Waals surface area contributed by atoms with E-state index in [1.807, 2.05) is 37.3 Å². The molecule has 0 saturated heterocycles. The quantitative estimate of drug-likeness (QED) is 0.422. The van der Waals surface area contributed by atoms with Crippen molar-refractivity contribution in [3.05, 3.63) is 93.8 Å². The normalized spacial score (nSPS) is 11.9.